The smallest absolute Gasteiger partial charge is 0.274 e. The van der Waals surface area contributed by atoms with Crippen molar-refractivity contribution >= 4 is 23.2 Å². The Kier molecular flexibility index (Phi) is 7.16. The van der Waals surface area contributed by atoms with E-state index in [2.05, 4.69) is 16.7 Å². The number of nitrogens with one attached hydrogen (secondary N) is 2. The lowest BCUT2D eigenvalue weighted by Gasteiger charge is -2.29. The molecule has 3 heterocycles. The fraction of sp³-hybridized carbons (Fsp3) is 0.500. The zero-order chi connectivity index (χ0) is 27.0. The van der Waals surface area contributed by atoms with E-state index in [4.69, 9.17) is 4.74 Å². The number of amides is 2. The lowest BCUT2D eigenvalue weighted by molar-refractivity contribution is -0.135. The second-order valence-electron chi connectivity index (χ2n) is 11.3. The van der Waals surface area contributed by atoms with Crippen LogP contribution in [0.3, 0.4) is 0 Å². The van der Waals surface area contributed by atoms with Gasteiger partial charge < -0.3 is 24.8 Å². The first-order valence-electron chi connectivity index (χ1n) is 12.7. The van der Waals surface area contributed by atoms with Crippen molar-refractivity contribution in [3.05, 3.63) is 58.5 Å². The zero-order valence-corrected chi connectivity index (χ0v) is 22.1. The number of carbonyl (C=O) groups excluding carboxylic acids is 2. The van der Waals surface area contributed by atoms with E-state index in [0.717, 1.165) is 5.56 Å². The number of hydrogen-bond acceptors (Lipinski definition) is 6. The third-order valence-corrected chi connectivity index (χ3v) is 6.97. The number of aromatic nitrogens is 1. The largest absolute Gasteiger partial charge is 0.358 e. The first kappa shape index (κ1) is 26.4. The van der Waals surface area contributed by atoms with Gasteiger partial charge in [0.1, 0.15) is 24.5 Å². The van der Waals surface area contributed by atoms with Crippen LogP contribution in [-0.2, 0) is 19.7 Å². The molecular formula is C28H35N5O4. The maximum Gasteiger partial charge on any atom is 0.274 e. The third kappa shape index (κ3) is 5.12. The van der Waals surface area contributed by atoms with Crippen LogP contribution in [0.1, 0.15) is 59.1 Å². The zero-order valence-electron chi connectivity index (χ0n) is 22.1. The van der Waals surface area contributed by atoms with Gasteiger partial charge in [-0.15, -0.1) is 0 Å². The van der Waals surface area contributed by atoms with Gasteiger partial charge in [0.2, 0.25) is 11.8 Å². The van der Waals surface area contributed by atoms with E-state index < -0.39 is 17.5 Å². The quantitative estimate of drug-likeness (QED) is 0.555. The van der Waals surface area contributed by atoms with Crippen molar-refractivity contribution in [1.29, 1.82) is 5.26 Å². The number of ether oxygens (including phenoxy) is 1. The minimum absolute atomic E-state index is 0.0909. The molecule has 1 aromatic carbocycles. The summed E-state index contributed by atoms with van der Waals surface area (Å²) in [4.78, 5) is 42.1. The topological polar surface area (TPSA) is 116 Å². The number of pyridine rings is 1. The third-order valence-electron chi connectivity index (χ3n) is 6.97. The standard InChI is InChI=1S/C28H35N5O4/c1-18(2)13-23(32-12-8-11-22(24(32)34)30-17-37-27(3,4)5)25(35)33-16-28(14-19(33)15-29)20-9-6-7-10-21(20)31-26(28)36/h6-12,18-19,23,30H,13-14,16-17H2,1-5H3,(H,31,36)/t19-,23+,28-/m0/s1. The summed E-state index contributed by atoms with van der Waals surface area (Å²) in [5, 5.41) is 15.9. The average Bonchev–Trinajstić information content (AvgIpc) is 3.36. The highest BCUT2D eigenvalue weighted by Gasteiger charge is 2.56. The molecule has 2 aliphatic heterocycles. The van der Waals surface area contributed by atoms with Crippen molar-refractivity contribution in [3.63, 3.8) is 0 Å². The van der Waals surface area contributed by atoms with Gasteiger partial charge in [-0.1, -0.05) is 32.0 Å². The van der Waals surface area contributed by atoms with Crippen molar-refractivity contribution in [2.75, 3.05) is 23.9 Å². The van der Waals surface area contributed by atoms with Crippen molar-refractivity contribution in [2.45, 2.75) is 70.6 Å². The second kappa shape index (κ2) is 10.0. The minimum atomic E-state index is -0.978. The Balaban J connectivity index is 1.66. The van der Waals surface area contributed by atoms with Crippen LogP contribution >= 0.6 is 0 Å². The summed E-state index contributed by atoms with van der Waals surface area (Å²) < 4.78 is 7.13. The predicted molar refractivity (Wildman–Crippen MR) is 141 cm³/mol. The number of rotatable bonds is 7. The van der Waals surface area contributed by atoms with Crippen LogP contribution in [0.25, 0.3) is 0 Å². The van der Waals surface area contributed by atoms with Gasteiger partial charge in [-0.05, 0) is 56.9 Å². The summed E-state index contributed by atoms with van der Waals surface area (Å²) >= 11 is 0. The normalized spacial score (nSPS) is 21.6. The van der Waals surface area contributed by atoms with E-state index in [1.165, 1.54) is 9.47 Å². The number of fused-ring (bicyclic) bond motifs is 2. The summed E-state index contributed by atoms with van der Waals surface area (Å²) in [5.74, 6) is -0.430. The molecule has 1 aromatic heterocycles. The van der Waals surface area contributed by atoms with Crippen molar-refractivity contribution in [1.82, 2.24) is 9.47 Å². The van der Waals surface area contributed by atoms with Gasteiger partial charge in [0.25, 0.3) is 5.56 Å². The Morgan fingerprint density at radius 2 is 1.97 bits per heavy atom. The Bertz CT molecular complexity index is 1290. The first-order valence-corrected chi connectivity index (χ1v) is 12.7. The Labute approximate surface area is 217 Å². The molecule has 2 aliphatic rings. The maximum atomic E-state index is 14.1. The lowest BCUT2D eigenvalue weighted by atomic mass is 9.80. The van der Waals surface area contributed by atoms with Gasteiger partial charge >= 0.3 is 0 Å². The molecule has 0 aliphatic carbocycles. The Morgan fingerprint density at radius 1 is 1.24 bits per heavy atom. The summed E-state index contributed by atoms with van der Waals surface area (Å²) in [6, 6.07) is 11.4. The number of likely N-dealkylation sites (tertiary alicyclic amines) is 1. The predicted octanol–water partition coefficient (Wildman–Crippen LogP) is 3.63. The van der Waals surface area contributed by atoms with Crippen molar-refractivity contribution in [3.8, 4) is 6.07 Å². The van der Waals surface area contributed by atoms with Crippen LogP contribution in [0, 0.1) is 17.2 Å². The number of benzene rings is 1. The van der Waals surface area contributed by atoms with Crippen LogP contribution in [0.4, 0.5) is 11.4 Å². The van der Waals surface area contributed by atoms with E-state index in [9.17, 15) is 19.6 Å². The molecule has 1 spiro atoms. The average molecular weight is 506 g/mol. The number of para-hydroxylation sites is 1. The van der Waals surface area contributed by atoms with Crippen LogP contribution in [0.5, 0.6) is 0 Å². The molecule has 2 aromatic rings. The van der Waals surface area contributed by atoms with Crippen LogP contribution in [-0.4, -0.2) is 46.2 Å². The Morgan fingerprint density at radius 3 is 2.65 bits per heavy atom. The fourth-order valence-corrected chi connectivity index (χ4v) is 5.18. The van der Waals surface area contributed by atoms with Gasteiger partial charge in [-0.3, -0.25) is 14.4 Å². The highest BCUT2D eigenvalue weighted by molar-refractivity contribution is 6.07. The maximum absolute atomic E-state index is 14.1. The van der Waals surface area contributed by atoms with Crippen LogP contribution in [0.2, 0.25) is 0 Å². The summed E-state index contributed by atoms with van der Waals surface area (Å²) in [6.07, 6.45) is 2.23. The van der Waals surface area contributed by atoms with E-state index >= 15 is 0 Å². The van der Waals surface area contributed by atoms with Crippen molar-refractivity contribution in [2.24, 2.45) is 5.92 Å². The van der Waals surface area contributed by atoms with Crippen molar-refractivity contribution < 1.29 is 14.3 Å². The van der Waals surface area contributed by atoms with Crippen LogP contribution in [0.15, 0.2) is 47.4 Å². The molecule has 9 heteroatoms. The number of anilines is 2. The van der Waals surface area contributed by atoms with E-state index in [1.807, 2.05) is 58.9 Å². The summed E-state index contributed by atoms with van der Waals surface area (Å²) in [6.45, 7) is 9.97. The number of hydrogen-bond donors (Lipinski definition) is 2. The SMILES string of the molecule is CC(C)C[C@H](C(=O)N1C[C@]2(C[C@H]1C#N)C(=O)Nc1ccccc12)n1cccc(NCOC(C)(C)C)c1=O. The number of carbonyl (C=O) groups is 2. The molecule has 0 unspecified atom stereocenters. The molecule has 4 rings (SSSR count). The molecule has 2 N–H and O–H groups in total. The van der Waals surface area contributed by atoms with E-state index in [-0.39, 0.29) is 48.6 Å². The van der Waals surface area contributed by atoms with E-state index in [1.54, 1.807) is 18.3 Å². The summed E-state index contributed by atoms with van der Waals surface area (Å²) in [7, 11) is 0. The lowest BCUT2D eigenvalue weighted by Crippen LogP contribution is -2.45. The molecule has 0 saturated carbocycles. The monoisotopic (exact) mass is 505 g/mol. The molecular weight excluding hydrogens is 470 g/mol. The Hall–Kier alpha value is -3.64. The van der Waals surface area contributed by atoms with E-state index in [0.29, 0.717) is 17.8 Å². The minimum Gasteiger partial charge on any atom is -0.358 e. The number of nitriles is 1. The molecule has 2 amide bonds. The van der Waals surface area contributed by atoms with Gasteiger partial charge in [0.15, 0.2) is 0 Å². The van der Waals surface area contributed by atoms with Crippen LogP contribution < -0.4 is 16.2 Å². The molecule has 1 saturated heterocycles. The molecule has 0 bridgehead atoms. The van der Waals surface area contributed by atoms with Gasteiger partial charge in [0, 0.05) is 24.8 Å². The molecule has 0 radical (unpaired) electrons. The second-order valence-corrected chi connectivity index (χ2v) is 11.3. The molecule has 3 atom stereocenters. The first-order chi connectivity index (χ1) is 17.5. The highest BCUT2D eigenvalue weighted by atomic mass is 16.5. The molecule has 9 nitrogen and oxygen atoms in total. The molecule has 1 fully saturated rings. The van der Waals surface area contributed by atoms with Gasteiger partial charge in [-0.2, -0.15) is 5.26 Å². The van der Waals surface area contributed by atoms with Gasteiger partial charge in [-0.25, -0.2) is 0 Å². The van der Waals surface area contributed by atoms with Gasteiger partial charge in [0.05, 0.1) is 17.1 Å². The molecule has 196 valence electrons. The number of nitrogens with zero attached hydrogens (tertiary/aromatic N) is 3. The molecule has 37 heavy (non-hydrogen) atoms. The summed E-state index contributed by atoms with van der Waals surface area (Å²) in [5.41, 5.74) is 0.147. The highest BCUT2D eigenvalue weighted by Crippen LogP contribution is 2.46. The fourth-order valence-electron chi connectivity index (χ4n) is 5.18.